The number of para-hydroxylation sites is 2. The van der Waals surface area contributed by atoms with E-state index in [1.54, 1.807) is 0 Å². The Morgan fingerprint density at radius 2 is 2.09 bits per heavy atom. The molecule has 22 heavy (non-hydrogen) atoms. The van der Waals surface area contributed by atoms with E-state index in [9.17, 15) is 0 Å². The fourth-order valence-corrected chi connectivity index (χ4v) is 3.60. The van der Waals surface area contributed by atoms with Crippen molar-refractivity contribution >= 4 is 22.6 Å². The van der Waals surface area contributed by atoms with Crippen LogP contribution < -0.4 is 0 Å². The number of rotatable bonds is 1. The van der Waals surface area contributed by atoms with Crippen molar-refractivity contribution in [3.05, 3.63) is 64.9 Å². The van der Waals surface area contributed by atoms with Crippen LogP contribution in [-0.2, 0) is 21.8 Å². The Bertz CT molecular complexity index is 891. The van der Waals surface area contributed by atoms with Gasteiger partial charge < -0.3 is 14.0 Å². The topological polar surface area (TPSA) is 36.3 Å². The van der Waals surface area contributed by atoms with Crippen molar-refractivity contribution in [2.24, 2.45) is 0 Å². The van der Waals surface area contributed by atoms with Crippen LogP contribution in [0, 0.1) is 0 Å². The maximum atomic E-state index is 6.22. The minimum atomic E-state index is -0.952. The molecule has 1 fully saturated rings. The molecule has 2 unspecified atom stereocenters. The molecule has 4 nitrogen and oxygen atoms in total. The monoisotopic (exact) mass is 312 g/mol. The third-order valence-corrected chi connectivity index (χ3v) is 4.58. The van der Waals surface area contributed by atoms with Gasteiger partial charge in [0.1, 0.15) is 6.10 Å². The molecule has 2 aromatic carbocycles. The van der Waals surface area contributed by atoms with Crippen LogP contribution >= 0.6 is 11.6 Å². The smallest absolute Gasteiger partial charge is 0.256 e. The number of aromatic nitrogens is 2. The largest absolute Gasteiger partial charge is 0.337 e. The summed E-state index contributed by atoms with van der Waals surface area (Å²) < 4.78 is 14.5. The van der Waals surface area contributed by atoms with Gasteiger partial charge >= 0.3 is 0 Å². The van der Waals surface area contributed by atoms with E-state index in [0.29, 0.717) is 11.6 Å². The molecule has 2 bridgehead atoms. The molecule has 0 spiro atoms. The van der Waals surface area contributed by atoms with Crippen LogP contribution in [0.4, 0.5) is 0 Å². The first-order valence-corrected chi connectivity index (χ1v) is 7.68. The van der Waals surface area contributed by atoms with Crippen molar-refractivity contribution in [2.75, 3.05) is 6.61 Å². The van der Waals surface area contributed by atoms with Gasteiger partial charge in [0.15, 0.2) is 5.82 Å². The molecule has 2 aliphatic heterocycles. The van der Waals surface area contributed by atoms with Crippen LogP contribution in [0.1, 0.15) is 11.4 Å². The maximum Gasteiger partial charge on any atom is 0.256 e. The minimum absolute atomic E-state index is 0.0316. The van der Waals surface area contributed by atoms with Crippen molar-refractivity contribution in [1.82, 2.24) is 9.55 Å². The number of benzene rings is 2. The van der Waals surface area contributed by atoms with Gasteiger partial charge in [0.25, 0.3) is 5.79 Å². The molecule has 0 aliphatic carbocycles. The van der Waals surface area contributed by atoms with Crippen LogP contribution in [0.5, 0.6) is 0 Å². The molecule has 3 heterocycles. The van der Waals surface area contributed by atoms with Gasteiger partial charge in [0.05, 0.1) is 24.2 Å². The van der Waals surface area contributed by atoms with Crippen LogP contribution in [0.2, 0.25) is 5.02 Å². The quantitative estimate of drug-likeness (QED) is 0.691. The van der Waals surface area contributed by atoms with Crippen molar-refractivity contribution in [3.8, 4) is 0 Å². The van der Waals surface area contributed by atoms with Crippen LogP contribution in [-0.4, -0.2) is 22.3 Å². The van der Waals surface area contributed by atoms with Gasteiger partial charge in [0, 0.05) is 10.6 Å². The Balaban J connectivity index is 1.81. The van der Waals surface area contributed by atoms with Gasteiger partial charge in [-0.25, -0.2) is 4.98 Å². The predicted octanol–water partition coefficient (Wildman–Crippen LogP) is 3.32. The molecule has 2 aliphatic rings. The Hall–Kier alpha value is -1.88. The van der Waals surface area contributed by atoms with E-state index in [1.807, 2.05) is 42.5 Å². The summed E-state index contributed by atoms with van der Waals surface area (Å²) in [6.45, 7) is 1.32. The molecule has 0 amide bonds. The Morgan fingerprint density at radius 1 is 1.18 bits per heavy atom. The molecule has 110 valence electrons. The summed E-state index contributed by atoms with van der Waals surface area (Å²) in [4.78, 5) is 4.78. The SMILES string of the molecule is Clc1cccc(C23OCC(Cn4c2nc2ccccc24)O3)c1. The van der Waals surface area contributed by atoms with Gasteiger partial charge in [-0.05, 0) is 24.3 Å². The number of imidazole rings is 1. The molecule has 0 saturated carbocycles. The zero-order valence-electron chi connectivity index (χ0n) is 11.7. The normalized spacial score (nSPS) is 26.3. The van der Waals surface area contributed by atoms with Gasteiger partial charge in [0.2, 0.25) is 0 Å². The average molecular weight is 313 g/mol. The number of hydrogen-bond donors (Lipinski definition) is 0. The van der Waals surface area contributed by atoms with Crippen LogP contribution in [0.15, 0.2) is 48.5 Å². The summed E-state index contributed by atoms with van der Waals surface area (Å²) in [5.74, 6) is -0.156. The highest BCUT2D eigenvalue weighted by molar-refractivity contribution is 6.30. The van der Waals surface area contributed by atoms with E-state index in [-0.39, 0.29) is 6.10 Å². The lowest BCUT2D eigenvalue weighted by Gasteiger charge is -2.32. The lowest BCUT2D eigenvalue weighted by Crippen LogP contribution is -2.38. The molecule has 1 saturated heterocycles. The first-order chi connectivity index (χ1) is 10.8. The zero-order chi connectivity index (χ0) is 14.7. The number of halogens is 1. The van der Waals surface area contributed by atoms with E-state index >= 15 is 0 Å². The van der Waals surface area contributed by atoms with Crippen LogP contribution in [0.3, 0.4) is 0 Å². The second kappa shape index (κ2) is 4.32. The first kappa shape index (κ1) is 12.6. The molecule has 1 aromatic heterocycles. The zero-order valence-corrected chi connectivity index (χ0v) is 12.5. The third-order valence-electron chi connectivity index (χ3n) is 4.34. The standard InChI is InChI=1S/C17H13ClN2O2/c18-12-5-3-4-11(8-12)17-16-19-14-6-1-2-7-15(14)20(16)9-13(22-17)10-21-17/h1-8,13H,9-10H2. The molecular formula is C17H13ClN2O2. The van der Waals surface area contributed by atoms with Gasteiger partial charge in [-0.15, -0.1) is 0 Å². The summed E-state index contributed by atoms with van der Waals surface area (Å²) in [5.41, 5.74) is 2.96. The number of fused-ring (bicyclic) bond motifs is 6. The number of ether oxygens (including phenoxy) is 2. The Labute approximate surface area is 132 Å². The predicted molar refractivity (Wildman–Crippen MR) is 82.8 cm³/mol. The second-order valence-corrected chi connectivity index (χ2v) is 6.15. The molecular weight excluding hydrogens is 300 g/mol. The van der Waals surface area contributed by atoms with E-state index in [2.05, 4.69) is 10.6 Å². The highest BCUT2D eigenvalue weighted by Gasteiger charge is 2.52. The number of nitrogens with zero attached hydrogens (tertiary/aromatic N) is 2. The second-order valence-electron chi connectivity index (χ2n) is 5.71. The minimum Gasteiger partial charge on any atom is -0.337 e. The molecule has 3 aromatic rings. The molecule has 0 N–H and O–H groups in total. The number of hydrogen-bond acceptors (Lipinski definition) is 3. The lowest BCUT2D eigenvalue weighted by molar-refractivity contribution is -0.162. The summed E-state index contributed by atoms with van der Waals surface area (Å²) >= 11 is 6.16. The van der Waals surface area contributed by atoms with Crippen molar-refractivity contribution in [1.29, 1.82) is 0 Å². The Kier molecular flexibility index (Phi) is 2.48. The molecule has 2 atom stereocenters. The van der Waals surface area contributed by atoms with Gasteiger partial charge in [-0.1, -0.05) is 35.9 Å². The van der Waals surface area contributed by atoms with Crippen LogP contribution in [0.25, 0.3) is 11.0 Å². The van der Waals surface area contributed by atoms with E-state index in [1.165, 1.54) is 0 Å². The van der Waals surface area contributed by atoms with Crippen molar-refractivity contribution in [2.45, 2.75) is 18.4 Å². The molecule has 5 heteroatoms. The first-order valence-electron chi connectivity index (χ1n) is 7.30. The fraction of sp³-hybridized carbons (Fsp3) is 0.235. The van der Waals surface area contributed by atoms with E-state index in [4.69, 9.17) is 26.1 Å². The van der Waals surface area contributed by atoms with Crippen molar-refractivity contribution in [3.63, 3.8) is 0 Å². The fourth-order valence-electron chi connectivity index (χ4n) is 3.41. The van der Waals surface area contributed by atoms with E-state index < -0.39 is 5.79 Å². The maximum absolute atomic E-state index is 6.22. The summed E-state index contributed by atoms with van der Waals surface area (Å²) in [6, 6.07) is 15.7. The van der Waals surface area contributed by atoms with E-state index in [0.717, 1.165) is 29.0 Å². The summed E-state index contributed by atoms with van der Waals surface area (Å²) in [7, 11) is 0. The molecule has 5 rings (SSSR count). The highest BCUT2D eigenvalue weighted by atomic mass is 35.5. The summed E-state index contributed by atoms with van der Waals surface area (Å²) in [6.07, 6.45) is 0.0316. The van der Waals surface area contributed by atoms with Crippen molar-refractivity contribution < 1.29 is 9.47 Å². The Morgan fingerprint density at radius 3 is 3.00 bits per heavy atom. The molecule has 0 radical (unpaired) electrons. The average Bonchev–Trinajstić information content (AvgIpc) is 3.09. The summed E-state index contributed by atoms with van der Waals surface area (Å²) in [5, 5.41) is 0.663. The van der Waals surface area contributed by atoms with Gasteiger partial charge in [-0.2, -0.15) is 0 Å². The highest BCUT2D eigenvalue weighted by Crippen LogP contribution is 2.45. The lowest BCUT2D eigenvalue weighted by atomic mass is 10.0. The third kappa shape index (κ3) is 1.57. The van der Waals surface area contributed by atoms with Gasteiger partial charge in [-0.3, -0.25) is 0 Å².